The number of para-hydroxylation sites is 1. The largest absolute Gasteiger partial charge is 0.378 e. The number of carbonyl (C=O) groups is 1. The van der Waals surface area contributed by atoms with Gasteiger partial charge in [-0.05, 0) is 31.0 Å². The summed E-state index contributed by atoms with van der Waals surface area (Å²) in [4.78, 5) is 12.0. The summed E-state index contributed by atoms with van der Waals surface area (Å²) < 4.78 is 11.0. The first-order valence-corrected chi connectivity index (χ1v) is 8.07. The molecule has 1 unspecified atom stereocenters. The molecule has 1 amide bonds. The van der Waals surface area contributed by atoms with Gasteiger partial charge < -0.3 is 20.1 Å². The number of anilines is 1. The van der Waals surface area contributed by atoms with E-state index in [0.29, 0.717) is 19.6 Å². The van der Waals surface area contributed by atoms with E-state index in [0.717, 1.165) is 43.8 Å². The van der Waals surface area contributed by atoms with Crippen molar-refractivity contribution in [3.05, 3.63) is 29.8 Å². The minimum atomic E-state index is -0.0173. The quantitative estimate of drug-likeness (QED) is 0.677. The second-order valence-electron chi connectivity index (χ2n) is 5.45. The molecule has 6 heteroatoms. The summed E-state index contributed by atoms with van der Waals surface area (Å²) in [5, 5.41) is 6.23. The van der Waals surface area contributed by atoms with Crippen molar-refractivity contribution in [3.8, 4) is 0 Å². The molecule has 0 aromatic heterocycles. The van der Waals surface area contributed by atoms with Crippen LogP contribution in [0.2, 0.25) is 0 Å². The number of hydrogen-bond acceptors (Lipinski definition) is 4. The van der Waals surface area contributed by atoms with Crippen molar-refractivity contribution in [1.82, 2.24) is 5.32 Å². The molecule has 1 fully saturated rings. The standard InChI is InChI=1S/C17H26N2O3.ClH/c1-2-18-12-14-6-3-4-8-16(14)19-17(20)9-11-21-13-15-7-5-10-22-15;/h3-4,6,8,15,18H,2,5,7,9-13H2,1H3,(H,19,20);1H. The van der Waals surface area contributed by atoms with Gasteiger partial charge in [-0.15, -0.1) is 12.4 Å². The molecular formula is C17H27ClN2O3. The maximum Gasteiger partial charge on any atom is 0.226 e. The van der Waals surface area contributed by atoms with Crippen LogP contribution in [0.4, 0.5) is 5.69 Å². The summed E-state index contributed by atoms with van der Waals surface area (Å²) in [7, 11) is 0. The summed E-state index contributed by atoms with van der Waals surface area (Å²) in [6, 6.07) is 7.86. The fourth-order valence-corrected chi connectivity index (χ4v) is 2.42. The Labute approximate surface area is 144 Å². The summed E-state index contributed by atoms with van der Waals surface area (Å²) >= 11 is 0. The Morgan fingerprint density at radius 2 is 2.22 bits per heavy atom. The number of rotatable bonds is 9. The summed E-state index contributed by atoms with van der Waals surface area (Å²) in [5.41, 5.74) is 1.96. The highest BCUT2D eigenvalue weighted by molar-refractivity contribution is 5.91. The van der Waals surface area contributed by atoms with Crippen molar-refractivity contribution in [2.45, 2.75) is 38.8 Å². The van der Waals surface area contributed by atoms with Crippen LogP contribution in [0.25, 0.3) is 0 Å². The fourth-order valence-electron chi connectivity index (χ4n) is 2.42. The predicted octanol–water partition coefficient (Wildman–Crippen LogP) is 2.74. The highest BCUT2D eigenvalue weighted by Crippen LogP contribution is 2.15. The van der Waals surface area contributed by atoms with Crippen molar-refractivity contribution < 1.29 is 14.3 Å². The van der Waals surface area contributed by atoms with Crippen LogP contribution in [-0.2, 0) is 20.8 Å². The van der Waals surface area contributed by atoms with E-state index in [1.807, 2.05) is 24.3 Å². The molecule has 2 N–H and O–H groups in total. The summed E-state index contributed by atoms with van der Waals surface area (Å²) in [5.74, 6) is -0.0173. The maximum atomic E-state index is 12.0. The van der Waals surface area contributed by atoms with Crippen LogP contribution in [0.1, 0.15) is 31.7 Å². The zero-order chi connectivity index (χ0) is 15.6. The highest BCUT2D eigenvalue weighted by atomic mass is 35.5. The van der Waals surface area contributed by atoms with Crippen LogP contribution in [0.3, 0.4) is 0 Å². The number of amides is 1. The zero-order valence-corrected chi connectivity index (χ0v) is 14.5. The molecule has 1 atom stereocenters. The SMILES string of the molecule is CCNCc1ccccc1NC(=O)CCOCC1CCCO1.Cl. The van der Waals surface area contributed by atoms with Crippen LogP contribution in [0.5, 0.6) is 0 Å². The van der Waals surface area contributed by atoms with Gasteiger partial charge in [0.25, 0.3) is 0 Å². The van der Waals surface area contributed by atoms with Crippen molar-refractivity contribution in [2.24, 2.45) is 0 Å². The Balaban J connectivity index is 0.00000264. The van der Waals surface area contributed by atoms with Gasteiger partial charge in [0.05, 0.1) is 25.7 Å². The van der Waals surface area contributed by atoms with E-state index in [1.54, 1.807) is 0 Å². The number of carbonyl (C=O) groups excluding carboxylic acids is 1. The lowest BCUT2D eigenvalue weighted by molar-refractivity contribution is -0.117. The lowest BCUT2D eigenvalue weighted by Crippen LogP contribution is -2.20. The highest BCUT2D eigenvalue weighted by Gasteiger charge is 2.15. The second kappa shape index (κ2) is 11.4. The van der Waals surface area contributed by atoms with Crippen LogP contribution in [0.15, 0.2) is 24.3 Å². The van der Waals surface area contributed by atoms with E-state index < -0.39 is 0 Å². The first kappa shape index (κ1) is 19.9. The molecule has 1 aliphatic heterocycles. The van der Waals surface area contributed by atoms with Gasteiger partial charge in [-0.1, -0.05) is 25.1 Å². The lowest BCUT2D eigenvalue weighted by Gasteiger charge is -2.12. The number of ether oxygens (including phenoxy) is 2. The van der Waals surface area contributed by atoms with E-state index in [4.69, 9.17) is 9.47 Å². The molecule has 0 spiro atoms. The Kier molecular flexibility index (Phi) is 9.87. The number of hydrogen-bond donors (Lipinski definition) is 2. The van der Waals surface area contributed by atoms with Gasteiger partial charge in [-0.25, -0.2) is 0 Å². The molecule has 1 saturated heterocycles. The van der Waals surface area contributed by atoms with E-state index in [-0.39, 0.29) is 24.4 Å². The summed E-state index contributed by atoms with van der Waals surface area (Å²) in [6.45, 7) is 5.57. The average molecular weight is 343 g/mol. The average Bonchev–Trinajstić information content (AvgIpc) is 3.04. The zero-order valence-electron chi connectivity index (χ0n) is 13.7. The molecule has 1 aromatic carbocycles. The minimum absolute atomic E-state index is 0. The van der Waals surface area contributed by atoms with E-state index in [9.17, 15) is 4.79 Å². The van der Waals surface area contributed by atoms with Crippen molar-refractivity contribution >= 4 is 24.0 Å². The smallest absolute Gasteiger partial charge is 0.226 e. The molecule has 0 bridgehead atoms. The van der Waals surface area contributed by atoms with Gasteiger partial charge >= 0.3 is 0 Å². The van der Waals surface area contributed by atoms with Crippen molar-refractivity contribution in [1.29, 1.82) is 0 Å². The third-order valence-electron chi connectivity index (χ3n) is 3.66. The Morgan fingerprint density at radius 1 is 1.39 bits per heavy atom. The molecule has 2 rings (SSSR count). The van der Waals surface area contributed by atoms with Gasteiger partial charge in [0, 0.05) is 18.8 Å². The monoisotopic (exact) mass is 342 g/mol. The van der Waals surface area contributed by atoms with Crippen LogP contribution in [0, 0.1) is 0 Å². The van der Waals surface area contributed by atoms with Crippen molar-refractivity contribution in [3.63, 3.8) is 0 Å². The van der Waals surface area contributed by atoms with E-state index in [1.165, 1.54) is 0 Å². The van der Waals surface area contributed by atoms with E-state index in [2.05, 4.69) is 17.6 Å². The van der Waals surface area contributed by atoms with Gasteiger partial charge in [-0.3, -0.25) is 4.79 Å². The molecule has 0 radical (unpaired) electrons. The van der Waals surface area contributed by atoms with Crippen LogP contribution >= 0.6 is 12.4 Å². The lowest BCUT2D eigenvalue weighted by atomic mass is 10.1. The van der Waals surface area contributed by atoms with Gasteiger partial charge in [0.1, 0.15) is 0 Å². The molecule has 1 aliphatic rings. The first-order valence-electron chi connectivity index (χ1n) is 8.07. The molecule has 1 heterocycles. The normalized spacial score (nSPS) is 16.8. The Morgan fingerprint density at radius 3 is 2.96 bits per heavy atom. The number of halogens is 1. The first-order chi connectivity index (χ1) is 10.8. The topological polar surface area (TPSA) is 59.6 Å². The van der Waals surface area contributed by atoms with E-state index >= 15 is 0 Å². The number of benzene rings is 1. The van der Waals surface area contributed by atoms with Crippen LogP contribution in [-0.4, -0.2) is 38.4 Å². The van der Waals surface area contributed by atoms with Gasteiger partial charge in [-0.2, -0.15) is 0 Å². The molecule has 5 nitrogen and oxygen atoms in total. The number of nitrogens with one attached hydrogen (secondary N) is 2. The molecule has 0 saturated carbocycles. The molecule has 130 valence electrons. The molecule has 23 heavy (non-hydrogen) atoms. The van der Waals surface area contributed by atoms with Crippen molar-refractivity contribution in [2.75, 3.05) is 31.7 Å². The molecule has 0 aliphatic carbocycles. The van der Waals surface area contributed by atoms with Gasteiger partial charge in [0.15, 0.2) is 0 Å². The molecular weight excluding hydrogens is 316 g/mol. The third-order valence-corrected chi connectivity index (χ3v) is 3.66. The fraction of sp³-hybridized carbons (Fsp3) is 0.588. The van der Waals surface area contributed by atoms with Gasteiger partial charge in [0.2, 0.25) is 5.91 Å². The third kappa shape index (κ3) is 7.31. The molecule has 1 aromatic rings. The maximum absolute atomic E-state index is 12.0. The minimum Gasteiger partial charge on any atom is -0.378 e. The second-order valence-corrected chi connectivity index (χ2v) is 5.45. The van der Waals surface area contributed by atoms with Crippen LogP contribution < -0.4 is 10.6 Å². The Bertz CT molecular complexity index is 465. The Hall–Kier alpha value is -1.14. The summed E-state index contributed by atoms with van der Waals surface area (Å²) in [6.07, 6.45) is 2.74. The predicted molar refractivity (Wildman–Crippen MR) is 94.1 cm³/mol.